The Bertz CT molecular complexity index is 1210. The maximum absolute atomic E-state index is 11.9. The van der Waals surface area contributed by atoms with Gasteiger partial charge in [-0.1, -0.05) is 6.07 Å². The van der Waals surface area contributed by atoms with Crippen molar-refractivity contribution in [2.45, 2.75) is 32.7 Å². The van der Waals surface area contributed by atoms with E-state index in [1.807, 2.05) is 24.4 Å². The zero-order valence-corrected chi connectivity index (χ0v) is 17.6. The van der Waals surface area contributed by atoms with Crippen molar-refractivity contribution in [1.29, 1.82) is 0 Å². The molecule has 4 rings (SSSR count). The van der Waals surface area contributed by atoms with Crippen LogP contribution < -0.4 is 9.46 Å². The Kier molecular flexibility index (Phi) is 5.65. The number of benzene rings is 2. The molecule has 1 aromatic heterocycles. The monoisotopic (exact) mass is 425 g/mol. The van der Waals surface area contributed by atoms with Crippen LogP contribution in [0.2, 0.25) is 0 Å². The molecule has 30 heavy (non-hydrogen) atoms. The third kappa shape index (κ3) is 4.92. The molecule has 0 amide bonds. The molecule has 0 aliphatic carbocycles. The first-order valence-corrected chi connectivity index (χ1v) is 11.3. The summed E-state index contributed by atoms with van der Waals surface area (Å²) in [6.45, 7) is 3.53. The minimum absolute atomic E-state index is 0.169. The molecule has 0 atom stereocenters. The molecule has 9 heteroatoms. The first-order chi connectivity index (χ1) is 14.4. The molecule has 1 aliphatic heterocycles. The van der Waals surface area contributed by atoms with Crippen molar-refractivity contribution in [3.8, 4) is 5.75 Å². The highest BCUT2D eigenvalue weighted by Gasteiger charge is 2.16. The second-order valence-corrected chi connectivity index (χ2v) is 9.23. The highest BCUT2D eigenvalue weighted by atomic mass is 32.2. The number of ether oxygens (including phenoxy) is 1. The lowest BCUT2D eigenvalue weighted by molar-refractivity contribution is 0.373. The molecular weight excluding hydrogens is 402 g/mol. The predicted octanol–water partition coefficient (Wildman–Crippen LogP) is 3.02. The van der Waals surface area contributed by atoms with Crippen LogP contribution in [0.4, 0.5) is 0 Å². The fourth-order valence-corrected chi connectivity index (χ4v) is 4.35. The van der Waals surface area contributed by atoms with Crippen molar-refractivity contribution >= 4 is 32.3 Å². The van der Waals surface area contributed by atoms with Crippen molar-refractivity contribution in [1.82, 2.24) is 14.9 Å². The maximum Gasteiger partial charge on any atom is 0.247 e. The van der Waals surface area contributed by atoms with Crippen molar-refractivity contribution in [2.24, 2.45) is 10.2 Å². The largest absolute Gasteiger partial charge is 0.476 e. The summed E-state index contributed by atoms with van der Waals surface area (Å²) in [5, 5.41) is 16.7. The molecular formula is C21H23N5O3S. The number of hydrogen-bond acceptors (Lipinski definition) is 6. The van der Waals surface area contributed by atoms with E-state index in [4.69, 9.17) is 4.74 Å². The van der Waals surface area contributed by atoms with E-state index in [0.717, 1.165) is 34.3 Å². The van der Waals surface area contributed by atoms with Crippen LogP contribution in [-0.2, 0) is 16.4 Å². The fourth-order valence-electron chi connectivity index (χ4n) is 3.27. The standard InChI is InChI=1S/C21H23N5O3S/c1-14(2)26-30(27,28)13-29-19-6-4-16(5-7-19)21-11-18(23-25-21)10-15-3-8-20-17(9-15)12-22-24-20/h3-9,12,14,26H,10-11,13H2,1-2H3,(H,22,24). The number of rotatable bonds is 8. The Labute approximate surface area is 175 Å². The predicted molar refractivity (Wildman–Crippen MR) is 118 cm³/mol. The average molecular weight is 426 g/mol. The van der Waals surface area contributed by atoms with Gasteiger partial charge in [-0.15, -0.1) is 0 Å². The molecule has 0 saturated carbocycles. The lowest BCUT2D eigenvalue weighted by Gasteiger charge is -2.11. The number of aromatic amines is 1. The topological polar surface area (TPSA) is 109 Å². The van der Waals surface area contributed by atoms with Gasteiger partial charge in [0.25, 0.3) is 0 Å². The van der Waals surface area contributed by atoms with Gasteiger partial charge in [0.1, 0.15) is 5.75 Å². The zero-order valence-electron chi connectivity index (χ0n) is 16.8. The van der Waals surface area contributed by atoms with E-state index in [1.54, 1.807) is 26.0 Å². The van der Waals surface area contributed by atoms with Crippen LogP contribution in [-0.4, -0.2) is 42.0 Å². The van der Waals surface area contributed by atoms with Crippen molar-refractivity contribution in [3.05, 3.63) is 59.8 Å². The van der Waals surface area contributed by atoms with E-state index in [0.29, 0.717) is 12.2 Å². The second-order valence-electron chi connectivity index (χ2n) is 7.53. The molecule has 2 aromatic carbocycles. The second kappa shape index (κ2) is 8.37. The summed E-state index contributed by atoms with van der Waals surface area (Å²) in [6.07, 6.45) is 3.22. The van der Waals surface area contributed by atoms with E-state index in [2.05, 4.69) is 37.3 Å². The number of aromatic nitrogens is 2. The summed E-state index contributed by atoms with van der Waals surface area (Å²) >= 11 is 0. The van der Waals surface area contributed by atoms with Gasteiger partial charge < -0.3 is 4.74 Å². The van der Waals surface area contributed by atoms with Crippen LogP contribution in [0.15, 0.2) is 58.9 Å². The molecule has 1 aliphatic rings. The van der Waals surface area contributed by atoms with Crippen LogP contribution in [0, 0.1) is 0 Å². The normalized spacial score (nSPS) is 14.2. The van der Waals surface area contributed by atoms with Gasteiger partial charge in [-0.3, -0.25) is 5.10 Å². The first-order valence-electron chi connectivity index (χ1n) is 9.65. The van der Waals surface area contributed by atoms with E-state index in [9.17, 15) is 8.42 Å². The molecule has 0 saturated heterocycles. The Morgan fingerprint density at radius 2 is 1.93 bits per heavy atom. The summed E-state index contributed by atoms with van der Waals surface area (Å²) in [6, 6.07) is 13.2. The third-order valence-electron chi connectivity index (χ3n) is 4.58. The maximum atomic E-state index is 11.9. The zero-order chi connectivity index (χ0) is 21.1. The van der Waals surface area contributed by atoms with E-state index in [-0.39, 0.29) is 6.04 Å². The van der Waals surface area contributed by atoms with Gasteiger partial charge in [-0.25, -0.2) is 13.1 Å². The van der Waals surface area contributed by atoms with E-state index < -0.39 is 16.0 Å². The fraction of sp³-hybridized carbons (Fsp3) is 0.286. The average Bonchev–Trinajstić information content (AvgIpc) is 3.35. The Balaban J connectivity index is 1.33. The summed E-state index contributed by atoms with van der Waals surface area (Å²) in [5.74, 6) is 0.0701. The number of sulfonamides is 1. The number of hydrogen-bond donors (Lipinski definition) is 2. The quantitative estimate of drug-likeness (QED) is 0.578. The van der Waals surface area contributed by atoms with Crippen LogP contribution in [0.1, 0.15) is 31.4 Å². The molecule has 156 valence electrons. The van der Waals surface area contributed by atoms with Gasteiger partial charge in [-0.2, -0.15) is 15.3 Å². The van der Waals surface area contributed by atoms with Gasteiger partial charge in [0.05, 0.1) is 23.1 Å². The molecule has 0 fully saturated rings. The van der Waals surface area contributed by atoms with Crippen LogP contribution in [0.5, 0.6) is 5.75 Å². The lowest BCUT2D eigenvalue weighted by Crippen LogP contribution is -2.34. The van der Waals surface area contributed by atoms with Gasteiger partial charge in [0.15, 0.2) is 0 Å². The number of fused-ring (bicyclic) bond motifs is 1. The van der Waals surface area contributed by atoms with E-state index in [1.165, 1.54) is 5.56 Å². The molecule has 0 spiro atoms. The number of nitrogens with one attached hydrogen (secondary N) is 2. The highest BCUT2D eigenvalue weighted by Crippen LogP contribution is 2.20. The smallest absolute Gasteiger partial charge is 0.247 e. The van der Waals surface area contributed by atoms with Gasteiger partial charge in [0, 0.05) is 24.3 Å². The molecule has 2 N–H and O–H groups in total. The van der Waals surface area contributed by atoms with Crippen molar-refractivity contribution in [2.75, 3.05) is 5.94 Å². The van der Waals surface area contributed by atoms with Crippen molar-refractivity contribution in [3.63, 3.8) is 0 Å². The van der Waals surface area contributed by atoms with Crippen LogP contribution in [0.25, 0.3) is 10.9 Å². The minimum atomic E-state index is -3.47. The first kappa shape index (κ1) is 20.2. The van der Waals surface area contributed by atoms with Crippen molar-refractivity contribution < 1.29 is 13.2 Å². The molecule has 0 bridgehead atoms. The van der Waals surface area contributed by atoms with E-state index >= 15 is 0 Å². The minimum Gasteiger partial charge on any atom is -0.476 e. The third-order valence-corrected chi connectivity index (χ3v) is 5.84. The Morgan fingerprint density at radius 1 is 1.13 bits per heavy atom. The van der Waals surface area contributed by atoms with Gasteiger partial charge in [0.2, 0.25) is 16.0 Å². The molecule has 0 radical (unpaired) electrons. The van der Waals surface area contributed by atoms with Gasteiger partial charge in [-0.05, 0) is 61.4 Å². The highest BCUT2D eigenvalue weighted by molar-refractivity contribution is 7.89. The molecule has 8 nitrogen and oxygen atoms in total. The molecule has 3 aromatic rings. The number of nitrogens with zero attached hydrogens (tertiary/aromatic N) is 3. The summed E-state index contributed by atoms with van der Waals surface area (Å²) in [4.78, 5) is 0. The van der Waals surface area contributed by atoms with Crippen LogP contribution >= 0.6 is 0 Å². The van der Waals surface area contributed by atoms with Gasteiger partial charge >= 0.3 is 0 Å². The summed E-state index contributed by atoms with van der Waals surface area (Å²) < 4.78 is 31.6. The summed E-state index contributed by atoms with van der Waals surface area (Å²) in [5.41, 5.74) is 5.00. The Hall–Kier alpha value is -3.04. The van der Waals surface area contributed by atoms with Crippen LogP contribution in [0.3, 0.4) is 0 Å². The SMILES string of the molecule is CC(C)NS(=O)(=O)COc1ccc(C2=NN=C(Cc3ccc4[nH]ncc4c3)C2)cc1. The number of H-pyrrole nitrogens is 1. The Morgan fingerprint density at radius 3 is 2.70 bits per heavy atom. The summed E-state index contributed by atoms with van der Waals surface area (Å²) in [7, 11) is -3.47. The molecule has 0 unspecified atom stereocenters. The molecule has 2 heterocycles. The lowest BCUT2D eigenvalue weighted by atomic mass is 10.0.